The van der Waals surface area contributed by atoms with E-state index in [1.807, 2.05) is 0 Å². The molecule has 1 aromatic heterocycles. The molecule has 0 radical (unpaired) electrons. The molecule has 0 spiro atoms. The summed E-state index contributed by atoms with van der Waals surface area (Å²) < 4.78 is 12.4. The minimum atomic E-state index is -0.356. The molecule has 0 aliphatic rings. The van der Waals surface area contributed by atoms with Gasteiger partial charge in [-0.25, -0.2) is 4.39 Å². The van der Waals surface area contributed by atoms with Crippen molar-refractivity contribution in [2.75, 3.05) is 0 Å². The molecule has 0 fully saturated rings. The van der Waals surface area contributed by atoms with Crippen LogP contribution in [0.3, 0.4) is 0 Å². The number of pyridine rings is 1. The molecule has 11 heavy (non-hydrogen) atoms. The number of aldehydes is 1. The van der Waals surface area contributed by atoms with Gasteiger partial charge in [0.15, 0.2) is 0 Å². The van der Waals surface area contributed by atoms with Crippen molar-refractivity contribution in [3.8, 4) is 0 Å². The number of rotatable bonds is 2. The minimum absolute atomic E-state index is 0.356. The molecule has 0 aliphatic heterocycles. The van der Waals surface area contributed by atoms with Crippen LogP contribution >= 0.6 is 0 Å². The predicted octanol–water partition coefficient (Wildman–Crippen LogP) is 1.43. The fourth-order valence-corrected chi connectivity index (χ4v) is 0.650. The molecule has 2 nitrogen and oxygen atoms in total. The van der Waals surface area contributed by atoms with E-state index in [-0.39, 0.29) is 5.82 Å². The normalized spacial score (nSPS) is 10.3. The molecule has 1 heterocycles. The summed E-state index contributed by atoms with van der Waals surface area (Å²) in [6.07, 6.45) is 4.67. The molecule has 0 bridgehead atoms. The Kier molecular flexibility index (Phi) is 2.49. The van der Waals surface area contributed by atoms with Gasteiger partial charge in [0.25, 0.3) is 0 Å². The van der Waals surface area contributed by atoms with Crippen molar-refractivity contribution in [1.29, 1.82) is 0 Å². The van der Waals surface area contributed by atoms with Crippen LogP contribution in [0.2, 0.25) is 0 Å². The Hall–Kier alpha value is -1.51. The fourth-order valence-electron chi connectivity index (χ4n) is 0.650. The summed E-state index contributed by atoms with van der Waals surface area (Å²) in [5.41, 5.74) is 0.442. The number of carbonyl (C=O) groups is 1. The molecule has 0 amide bonds. The summed E-state index contributed by atoms with van der Waals surface area (Å²) in [5.74, 6) is -0.356. The smallest absolute Gasteiger partial charge is 0.142 e. The lowest BCUT2D eigenvalue weighted by molar-refractivity contribution is -0.104. The first kappa shape index (κ1) is 7.60. The molecule has 56 valence electrons. The van der Waals surface area contributed by atoms with E-state index in [9.17, 15) is 9.18 Å². The SMILES string of the molecule is O=CC=Cc1cc(F)ccn1. The highest BCUT2D eigenvalue weighted by atomic mass is 19.1. The van der Waals surface area contributed by atoms with Gasteiger partial charge in [0.1, 0.15) is 12.1 Å². The second kappa shape index (κ2) is 3.61. The number of halogens is 1. The van der Waals surface area contributed by atoms with Crippen molar-refractivity contribution in [3.63, 3.8) is 0 Å². The molecule has 0 unspecified atom stereocenters. The van der Waals surface area contributed by atoms with Crippen LogP contribution in [0.25, 0.3) is 6.08 Å². The zero-order valence-electron chi connectivity index (χ0n) is 5.70. The molecule has 3 heteroatoms. The summed E-state index contributed by atoms with van der Waals surface area (Å²) in [7, 11) is 0. The topological polar surface area (TPSA) is 30.0 Å². The molecular formula is C8H6FNO. The maximum absolute atomic E-state index is 12.4. The standard InChI is InChI=1S/C8H6FNO/c9-7-3-4-10-8(6-7)2-1-5-11/h1-6H. The van der Waals surface area contributed by atoms with Crippen LogP contribution in [-0.4, -0.2) is 11.3 Å². The van der Waals surface area contributed by atoms with E-state index in [0.717, 1.165) is 0 Å². The van der Waals surface area contributed by atoms with Crippen LogP contribution in [0.5, 0.6) is 0 Å². The van der Waals surface area contributed by atoms with E-state index in [1.165, 1.54) is 30.5 Å². The lowest BCUT2D eigenvalue weighted by Gasteiger charge is -1.89. The number of hydrogen-bond acceptors (Lipinski definition) is 2. The van der Waals surface area contributed by atoms with E-state index in [0.29, 0.717) is 12.0 Å². The van der Waals surface area contributed by atoms with Crippen molar-refractivity contribution < 1.29 is 9.18 Å². The molecule has 0 aromatic carbocycles. The van der Waals surface area contributed by atoms with Crippen LogP contribution in [0.15, 0.2) is 24.4 Å². The molecule has 0 saturated heterocycles. The van der Waals surface area contributed by atoms with Crippen molar-refractivity contribution in [3.05, 3.63) is 35.9 Å². The molecule has 1 rings (SSSR count). The Balaban J connectivity index is 2.87. The summed E-state index contributed by atoms with van der Waals surface area (Å²) in [6, 6.07) is 2.50. The molecule has 0 aliphatic carbocycles. The fraction of sp³-hybridized carbons (Fsp3) is 0. The van der Waals surface area contributed by atoms with Crippen LogP contribution < -0.4 is 0 Å². The van der Waals surface area contributed by atoms with E-state index in [4.69, 9.17) is 0 Å². The average Bonchev–Trinajstić information content (AvgIpc) is 2.01. The van der Waals surface area contributed by atoms with Crippen molar-refractivity contribution in [1.82, 2.24) is 4.98 Å². The van der Waals surface area contributed by atoms with Gasteiger partial charge in [-0.1, -0.05) is 0 Å². The van der Waals surface area contributed by atoms with Gasteiger partial charge in [-0.3, -0.25) is 9.78 Å². The van der Waals surface area contributed by atoms with Gasteiger partial charge in [0.2, 0.25) is 0 Å². The van der Waals surface area contributed by atoms with Gasteiger partial charge in [-0.05, 0) is 24.3 Å². The summed E-state index contributed by atoms with van der Waals surface area (Å²) >= 11 is 0. The van der Waals surface area contributed by atoms with Crippen molar-refractivity contribution in [2.45, 2.75) is 0 Å². The first-order valence-corrected chi connectivity index (χ1v) is 3.06. The summed E-state index contributed by atoms with van der Waals surface area (Å²) in [5, 5.41) is 0. The highest BCUT2D eigenvalue weighted by Crippen LogP contribution is 2.00. The van der Waals surface area contributed by atoms with Gasteiger partial charge in [-0.2, -0.15) is 0 Å². The number of aromatic nitrogens is 1. The lowest BCUT2D eigenvalue weighted by atomic mass is 10.3. The van der Waals surface area contributed by atoms with Gasteiger partial charge < -0.3 is 0 Å². The lowest BCUT2D eigenvalue weighted by Crippen LogP contribution is -1.81. The van der Waals surface area contributed by atoms with Gasteiger partial charge in [0, 0.05) is 6.20 Å². The van der Waals surface area contributed by atoms with E-state index in [1.54, 1.807) is 0 Å². The average molecular weight is 151 g/mol. The summed E-state index contributed by atoms with van der Waals surface area (Å²) in [4.78, 5) is 13.6. The van der Waals surface area contributed by atoms with Crippen LogP contribution in [0.1, 0.15) is 5.69 Å². The van der Waals surface area contributed by atoms with Crippen molar-refractivity contribution >= 4 is 12.4 Å². The first-order valence-electron chi connectivity index (χ1n) is 3.06. The van der Waals surface area contributed by atoms with Crippen LogP contribution in [-0.2, 0) is 4.79 Å². The second-order valence-corrected chi connectivity index (χ2v) is 1.89. The molecule has 1 aromatic rings. The van der Waals surface area contributed by atoms with Gasteiger partial charge in [-0.15, -0.1) is 0 Å². The van der Waals surface area contributed by atoms with E-state index >= 15 is 0 Å². The number of carbonyl (C=O) groups excluding carboxylic acids is 1. The molecule has 0 N–H and O–H groups in total. The number of allylic oxidation sites excluding steroid dienone is 1. The van der Waals surface area contributed by atoms with Crippen LogP contribution in [0.4, 0.5) is 4.39 Å². The van der Waals surface area contributed by atoms with Crippen LogP contribution in [0, 0.1) is 5.82 Å². The Morgan fingerprint density at radius 3 is 3.00 bits per heavy atom. The maximum Gasteiger partial charge on any atom is 0.142 e. The number of nitrogens with zero attached hydrogens (tertiary/aromatic N) is 1. The Morgan fingerprint density at radius 2 is 2.36 bits per heavy atom. The maximum atomic E-state index is 12.4. The second-order valence-electron chi connectivity index (χ2n) is 1.89. The largest absolute Gasteiger partial charge is 0.299 e. The molecule has 0 atom stereocenters. The monoisotopic (exact) mass is 151 g/mol. The molecule has 0 saturated carbocycles. The third-order valence-corrected chi connectivity index (χ3v) is 1.09. The highest BCUT2D eigenvalue weighted by molar-refractivity contribution is 5.72. The first-order chi connectivity index (χ1) is 5.33. The van der Waals surface area contributed by atoms with E-state index < -0.39 is 0 Å². The Morgan fingerprint density at radius 1 is 1.55 bits per heavy atom. The summed E-state index contributed by atoms with van der Waals surface area (Å²) in [6.45, 7) is 0. The minimum Gasteiger partial charge on any atom is -0.299 e. The third kappa shape index (κ3) is 2.29. The highest BCUT2D eigenvalue weighted by Gasteiger charge is 1.89. The zero-order valence-corrected chi connectivity index (χ0v) is 5.70. The Bertz CT molecular complexity index is 283. The van der Waals surface area contributed by atoms with Crippen molar-refractivity contribution in [2.24, 2.45) is 0 Å². The third-order valence-electron chi connectivity index (χ3n) is 1.09. The zero-order chi connectivity index (χ0) is 8.10. The molecular weight excluding hydrogens is 145 g/mol. The van der Waals surface area contributed by atoms with Gasteiger partial charge in [0.05, 0.1) is 5.69 Å². The predicted molar refractivity (Wildman–Crippen MR) is 39.3 cm³/mol. The number of hydrogen-bond donors (Lipinski definition) is 0. The quantitative estimate of drug-likeness (QED) is 0.472. The van der Waals surface area contributed by atoms with E-state index in [2.05, 4.69) is 4.98 Å². The van der Waals surface area contributed by atoms with Gasteiger partial charge >= 0.3 is 0 Å². The Labute approximate surface area is 63.4 Å².